The Hall–Kier alpha value is -2.76. The number of aromatic amines is 1. The number of aromatic nitrogens is 3. The van der Waals surface area contributed by atoms with E-state index in [1.807, 2.05) is 0 Å². The van der Waals surface area contributed by atoms with Crippen LogP contribution in [0, 0.1) is 11.6 Å². The Morgan fingerprint density at radius 1 is 1.10 bits per heavy atom. The molecule has 4 nitrogen and oxygen atoms in total. The summed E-state index contributed by atoms with van der Waals surface area (Å²) in [4.78, 5) is 3.99. The summed E-state index contributed by atoms with van der Waals surface area (Å²) in [5.74, 6) is -1.66. The molecule has 0 saturated heterocycles. The molecule has 0 aliphatic heterocycles. The van der Waals surface area contributed by atoms with Crippen LogP contribution in [0.1, 0.15) is 0 Å². The van der Waals surface area contributed by atoms with Crippen LogP contribution in [0.3, 0.4) is 0 Å². The molecule has 0 radical (unpaired) electrons. The van der Waals surface area contributed by atoms with Crippen LogP contribution in [0.25, 0.3) is 22.4 Å². The van der Waals surface area contributed by atoms with E-state index >= 15 is 0 Å². The van der Waals surface area contributed by atoms with Crippen molar-refractivity contribution < 1.29 is 8.78 Å². The Bertz CT molecular complexity index is 753. The van der Waals surface area contributed by atoms with Crippen LogP contribution in [0.4, 0.5) is 14.6 Å². The number of nitrogens with zero attached hydrogens (tertiary/aromatic N) is 2. The van der Waals surface area contributed by atoms with Gasteiger partial charge in [0.1, 0.15) is 0 Å². The van der Waals surface area contributed by atoms with Gasteiger partial charge in [-0.25, -0.2) is 8.78 Å². The molecule has 0 aliphatic carbocycles. The normalized spacial score (nSPS) is 10.7. The Morgan fingerprint density at radius 3 is 2.70 bits per heavy atom. The van der Waals surface area contributed by atoms with Gasteiger partial charge in [-0.2, -0.15) is 5.10 Å². The molecule has 0 unspecified atom stereocenters. The predicted octanol–water partition coefficient (Wildman–Crippen LogP) is 3.00. The molecule has 0 atom stereocenters. The average Bonchev–Trinajstić information content (AvgIpc) is 2.84. The molecule has 1 aromatic carbocycles. The number of anilines is 1. The Morgan fingerprint density at radius 2 is 1.95 bits per heavy atom. The minimum absolute atomic E-state index is 0.0769. The van der Waals surface area contributed by atoms with Gasteiger partial charge in [0, 0.05) is 23.5 Å². The maximum atomic E-state index is 13.9. The summed E-state index contributed by atoms with van der Waals surface area (Å²) in [6.07, 6.45) is 3.20. The minimum atomic E-state index is -0.943. The van der Waals surface area contributed by atoms with Crippen molar-refractivity contribution in [3.63, 3.8) is 0 Å². The molecule has 2 heterocycles. The van der Waals surface area contributed by atoms with Crippen molar-refractivity contribution in [2.45, 2.75) is 0 Å². The Labute approximate surface area is 113 Å². The number of nitrogens with one attached hydrogen (secondary N) is 1. The summed E-state index contributed by atoms with van der Waals surface area (Å²) in [6.45, 7) is 0. The van der Waals surface area contributed by atoms with Crippen molar-refractivity contribution >= 4 is 5.82 Å². The van der Waals surface area contributed by atoms with Gasteiger partial charge in [-0.05, 0) is 18.2 Å². The maximum Gasteiger partial charge on any atom is 0.168 e. The second-order valence-corrected chi connectivity index (χ2v) is 4.20. The van der Waals surface area contributed by atoms with E-state index in [1.165, 1.54) is 12.1 Å². The maximum absolute atomic E-state index is 13.9. The van der Waals surface area contributed by atoms with Gasteiger partial charge >= 0.3 is 0 Å². The van der Waals surface area contributed by atoms with Crippen LogP contribution in [-0.4, -0.2) is 15.2 Å². The third kappa shape index (κ3) is 1.91. The van der Waals surface area contributed by atoms with Gasteiger partial charge in [-0.1, -0.05) is 12.1 Å². The van der Waals surface area contributed by atoms with E-state index in [0.717, 1.165) is 6.07 Å². The molecule has 3 N–H and O–H groups in total. The van der Waals surface area contributed by atoms with Crippen molar-refractivity contribution in [1.82, 2.24) is 15.2 Å². The van der Waals surface area contributed by atoms with Crippen LogP contribution >= 0.6 is 0 Å². The van der Waals surface area contributed by atoms with Crippen LogP contribution in [0.2, 0.25) is 0 Å². The molecular formula is C14H10F2N4. The SMILES string of the molecule is Nc1n[nH]c(-c2cccc(F)c2F)c1-c1cccnc1. The minimum Gasteiger partial charge on any atom is -0.382 e. The second-order valence-electron chi connectivity index (χ2n) is 4.20. The first-order valence-electron chi connectivity index (χ1n) is 5.87. The number of nitrogens with two attached hydrogens (primary N) is 1. The molecule has 2 aromatic heterocycles. The lowest BCUT2D eigenvalue weighted by Gasteiger charge is -2.06. The van der Waals surface area contributed by atoms with Crippen molar-refractivity contribution in [3.05, 3.63) is 54.4 Å². The van der Waals surface area contributed by atoms with E-state index < -0.39 is 11.6 Å². The van der Waals surface area contributed by atoms with Crippen molar-refractivity contribution in [1.29, 1.82) is 0 Å². The predicted molar refractivity (Wildman–Crippen MR) is 71.6 cm³/mol. The summed E-state index contributed by atoms with van der Waals surface area (Å²) in [5.41, 5.74) is 7.40. The zero-order valence-corrected chi connectivity index (χ0v) is 10.3. The van der Waals surface area contributed by atoms with Gasteiger partial charge in [0.05, 0.1) is 11.3 Å². The fraction of sp³-hybridized carbons (Fsp3) is 0. The first-order valence-corrected chi connectivity index (χ1v) is 5.87. The lowest BCUT2D eigenvalue weighted by Crippen LogP contribution is -1.92. The van der Waals surface area contributed by atoms with E-state index in [9.17, 15) is 8.78 Å². The number of nitrogen functional groups attached to an aromatic ring is 1. The summed E-state index contributed by atoms with van der Waals surface area (Å²) >= 11 is 0. The molecule has 3 rings (SSSR count). The summed E-state index contributed by atoms with van der Waals surface area (Å²) < 4.78 is 27.3. The van der Waals surface area contributed by atoms with Crippen molar-refractivity contribution in [2.24, 2.45) is 0 Å². The fourth-order valence-corrected chi connectivity index (χ4v) is 2.05. The number of rotatable bonds is 2. The van der Waals surface area contributed by atoms with E-state index in [0.29, 0.717) is 16.8 Å². The quantitative estimate of drug-likeness (QED) is 0.753. The van der Waals surface area contributed by atoms with Gasteiger partial charge in [0.25, 0.3) is 0 Å². The Balaban J connectivity index is 2.24. The van der Waals surface area contributed by atoms with Gasteiger partial charge < -0.3 is 5.73 Å². The molecule has 0 spiro atoms. The largest absolute Gasteiger partial charge is 0.382 e. The topological polar surface area (TPSA) is 67.6 Å². The molecule has 0 bridgehead atoms. The number of pyridine rings is 1. The lowest BCUT2D eigenvalue weighted by molar-refractivity contribution is 0.511. The van der Waals surface area contributed by atoms with Gasteiger partial charge in [0.2, 0.25) is 0 Å². The molecule has 0 amide bonds. The van der Waals surface area contributed by atoms with Crippen LogP contribution < -0.4 is 5.73 Å². The summed E-state index contributed by atoms with van der Waals surface area (Å²) in [6, 6.07) is 7.45. The molecule has 0 aliphatic rings. The number of hydrogen-bond donors (Lipinski definition) is 2. The molecule has 3 aromatic rings. The Kier molecular flexibility index (Phi) is 2.90. The number of halogens is 2. The standard InChI is InChI=1S/C14H10F2N4/c15-10-5-1-4-9(12(10)16)13-11(14(17)20-19-13)8-3-2-6-18-7-8/h1-7H,(H3,17,19,20). The molecular weight excluding hydrogens is 262 g/mol. The third-order valence-corrected chi connectivity index (χ3v) is 2.97. The second kappa shape index (κ2) is 4.73. The summed E-state index contributed by atoms with van der Waals surface area (Å²) in [7, 11) is 0. The first kappa shape index (κ1) is 12.3. The van der Waals surface area contributed by atoms with Gasteiger partial charge in [0.15, 0.2) is 17.5 Å². The highest BCUT2D eigenvalue weighted by Gasteiger charge is 2.19. The number of H-pyrrole nitrogens is 1. The van der Waals surface area contributed by atoms with E-state index in [4.69, 9.17) is 5.73 Å². The summed E-state index contributed by atoms with van der Waals surface area (Å²) in [5, 5.41) is 6.52. The highest BCUT2D eigenvalue weighted by atomic mass is 19.2. The zero-order chi connectivity index (χ0) is 14.1. The van der Waals surface area contributed by atoms with E-state index in [-0.39, 0.29) is 11.4 Å². The van der Waals surface area contributed by atoms with Gasteiger partial charge in [-0.15, -0.1) is 0 Å². The lowest BCUT2D eigenvalue weighted by atomic mass is 10.0. The zero-order valence-electron chi connectivity index (χ0n) is 10.3. The first-order chi connectivity index (χ1) is 9.68. The van der Waals surface area contributed by atoms with E-state index in [2.05, 4.69) is 15.2 Å². The smallest absolute Gasteiger partial charge is 0.168 e. The molecule has 20 heavy (non-hydrogen) atoms. The van der Waals surface area contributed by atoms with Crippen molar-refractivity contribution in [3.8, 4) is 22.4 Å². The molecule has 100 valence electrons. The van der Waals surface area contributed by atoms with Crippen molar-refractivity contribution in [2.75, 3.05) is 5.73 Å². The average molecular weight is 272 g/mol. The molecule has 6 heteroatoms. The fourth-order valence-electron chi connectivity index (χ4n) is 2.05. The van der Waals surface area contributed by atoms with Crippen LogP contribution in [0.5, 0.6) is 0 Å². The monoisotopic (exact) mass is 272 g/mol. The third-order valence-electron chi connectivity index (χ3n) is 2.97. The van der Waals surface area contributed by atoms with E-state index in [1.54, 1.807) is 24.5 Å². The molecule has 0 saturated carbocycles. The molecule has 0 fully saturated rings. The van der Waals surface area contributed by atoms with Gasteiger partial charge in [-0.3, -0.25) is 10.1 Å². The van der Waals surface area contributed by atoms with Crippen LogP contribution in [-0.2, 0) is 0 Å². The number of hydrogen-bond acceptors (Lipinski definition) is 3. The highest BCUT2D eigenvalue weighted by molar-refractivity contribution is 5.87. The number of benzene rings is 1. The van der Waals surface area contributed by atoms with Crippen LogP contribution in [0.15, 0.2) is 42.7 Å². The highest BCUT2D eigenvalue weighted by Crippen LogP contribution is 2.35.